The van der Waals surface area contributed by atoms with Gasteiger partial charge in [0.1, 0.15) is 11.6 Å². The van der Waals surface area contributed by atoms with Gasteiger partial charge in [-0.25, -0.2) is 8.78 Å². The normalized spacial score (nSPS) is 12.5. The van der Waals surface area contributed by atoms with Crippen molar-refractivity contribution in [3.8, 4) is 0 Å². The molecule has 0 aliphatic rings. The van der Waals surface area contributed by atoms with Crippen LogP contribution in [0.3, 0.4) is 0 Å². The lowest BCUT2D eigenvalue weighted by Crippen LogP contribution is -2.07. The number of anilines is 1. The van der Waals surface area contributed by atoms with Crippen molar-refractivity contribution in [1.29, 1.82) is 0 Å². The van der Waals surface area contributed by atoms with Crippen LogP contribution < -0.4 is 5.32 Å². The molecule has 2 aromatic rings. The zero-order valence-electron chi connectivity index (χ0n) is 12.0. The van der Waals surface area contributed by atoms with Gasteiger partial charge in [0, 0.05) is 17.8 Å². The van der Waals surface area contributed by atoms with Crippen molar-refractivity contribution in [1.82, 2.24) is 0 Å². The summed E-state index contributed by atoms with van der Waals surface area (Å²) in [5, 5.41) is 3.27. The Morgan fingerprint density at radius 1 is 0.850 bits per heavy atom. The molecule has 0 fully saturated rings. The summed E-state index contributed by atoms with van der Waals surface area (Å²) in [5.74, 6) is -0.659. The third-order valence-electron chi connectivity index (χ3n) is 3.32. The van der Waals surface area contributed by atoms with E-state index in [9.17, 15) is 8.78 Å². The van der Waals surface area contributed by atoms with Gasteiger partial charge >= 0.3 is 0 Å². The molecule has 2 rings (SSSR count). The molecule has 3 heteroatoms. The van der Waals surface area contributed by atoms with Gasteiger partial charge < -0.3 is 5.32 Å². The number of nitrogens with one attached hydrogen (secondary N) is 1. The zero-order chi connectivity index (χ0) is 14.7. The highest BCUT2D eigenvalue weighted by molar-refractivity contribution is 5.48. The number of benzene rings is 2. The summed E-state index contributed by atoms with van der Waals surface area (Å²) >= 11 is 0. The van der Waals surface area contributed by atoms with Gasteiger partial charge in [-0.05, 0) is 48.2 Å². The molecule has 20 heavy (non-hydrogen) atoms. The van der Waals surface area contributed by atoms with E-state index in [-0.39, 0.29) is 6.04 Å². The number of rotatable bonds is 4. The minimum atomic E-state index is -0.551. The topological polar surface area (TPSA) is 12.0 Å². The SMILES string of the molecule is CC(C)c1cccc(NC(C)c2cc(F)cc(F)c2)c1. The maximum Gasteiger partial charge on any atom is 0.126 e. The van der Waals surface area contributed by atoms with Crippen LogP contribution in [-0.2, 0) is 0 Å². The minimum Gasteiger partial charge on any atom is -0.379 e. The highest BCUT2D eigenvalue weighted by Gasteiger charge is 2.09. The molecule has 0 spiro atoms. The lowest BCUT2D eigenvalue weighted by molar-refractivity contribution is 0.577. The summed E-state index contributed by atoms with van der Waals surface area (Å²) in [4.78, 5) is 0. The van der Waals surface area contributed by atoms with Crippen LogP contribution in [0.2, 0.25) is 0 Å². The summed E-state index contributed by atoms with van der Waals surface area (Å²) in [6, 6.07) is 11.5. The first kappa shape index (κ1) is 14.5. The summed E-state index contributed by atoms with van der Waals surface area (Å²) < 4.78 is 26.5. The van der Waals surface area contributed by atoms with Crippen LogP contribution in [0.4, 0.5) is 14.5 Å². The van der Waals surface area contributed by atoms with E-state index >= 15 is 0 Å². The Hall–Kier alpha value is -1.90. The number of hydrogen-bond donors (Lipinski definition) is 1. The summed E-state index contributed by atoms with van der Waals surface area (Å²) in [6.07, 6.45) is 0. The first-order chi connectivity index (χ1) is 9.45. The second-order valence-electron chi connectivity index (χ2n) is 5.35. The summed E-state index contributed by atoms with van der Waals surface area (Å²) in [5.41, 5.74) is 2.78. The number of halogens is 2. The van der Waals surface area contributed by atoms with E-state index < -0.39 is 11.6 Å². The van der Waals surface area contributed by atoms with Crippen molar-refractivity contribution in [2.75, 3.05) is 5.32 Å². The molecule has 0 heterocycles. The Morgan fingerprint density at radius 3 is 2.10 bits per heavy atom. The van der Waals surface area contributed by atoms with Crippen molar-refractivity contribution >= 4 is 5.69 Å². The van der Waals surface area contributed by atoms with E-state index in [0.29, 0.717) is 11.5 Å². The fraction of sp³-hybridized carbons (Fsp3) is 0.294. The molecule has 0 saturated carbocycles. The second kappa shape index (κ2) is 6.04. The molecule has 1 unspecified atom stereocenters. The van der Waals surface area contributed by atoms with Gasteiger partial charge in [-0.2, -0.15) is 0 Å². The molecule has 0 radical (unpaired) electrons. The van der Waals surface area contributed by atoms with Crippen LogP contribution in [0.25, 0.3) is 0 Å². The average molecular weight is 275 g/mol. The van der Waals surface area contributed by atoms with Crippen LogP contribution in [0, 0.1) is 11.6 Å². The van der Waals surface area contributed by atoms with E-state index in [4.69, 9.17) is 0 Å². The van der Waals surface area contributed by atoms with E-state index in [1.165, 1.54) is 17.7 Å². The Morgan fingerprint density at radius 2 is 1.50 bits per heavy atom. The quantitative estimate of drug-likeness (QED) is 0.802. The highest BCUT2D eigenvalue weighted by atomic mass is 19.1. The third kappa shape index (κ3) is 3.56. The van der Waals surface area contributed by atoms with Crippen molar-refractivity contribution < 1.29 is 8.78 Å². The van der Waals surface area contributed by atoms with Crippen LogP contribution in [0.1, 0.15) is 43.9 Å². The molecule has 0 amide bonds. The number of hydrogen-bond acceptors (Lipinski definition) is 1. The van der Waals surface area contributed by atoms with Crippen LogP contribution >= 0.6 is 0 Å². The van der Waals surface area contributed by atoms with Crippen LogP contribution in [-0.4, -0.2) is 0 Å². The van der Waals surface area contributed by atoms with Gasteiger partial charge in [0.05, 0.1) is 0 Å². The van der Waals surface area contributed by atoms with Crippen LogP contribution in [0.5, 0.6) is 0 Å². The van der Waals surface area contributed by atoms with Gasteiger partial charge in [0.15, 0.2) is 0 Å². The van der Waals surface area contributed by atoms with Gasteiger partial charge in [-0.15, -0.1) is 0 Å². The maximum absolute atomic E-state index is 13.2. The maximum atomic E-state index is 13.2. The zero-order valence-corrected chi connectivity index (χ0v) is 12.0. The molecule has 2 aromatic carbocycles. The van der Waals surface area contributed by atoms with Gasteiger partial charge in [0.2, 0.25) is 0 Å². The summed E-state index contributed by atoms with van der Waals surface area (Å²) in [6.45, 7) is 6.14. The van der Waals surface area contributed by atoms with Crippen molar-refractivity contribution in [3.63, 3.8) is 0 Å². The lowest BCUT2D eigenvalue weighted by Gasteiger charge is -2.17. The Bertz CT molecular complexity index is 573. The largest absolute Gasteiger partial charge is 0.379 e. The Kier molecular flexibility index (Phi) is 4.38. The van der Waals surface area contributed by atoms with E-state index in [1.54, 1.807) is 0 Å². The molecule has 1 atom stereocenters. The predicted octanol–water partition coefficient (Wildman–Crippen LogP) is 5.26. The molecule has 0 aliphatic heterocycles. The predicted molar refractivity (Wildman–Crippen MR) is 78.9 cm³/mol. The monoisotopic (exact) mass is 275 g/mol. The van der Waals surface area contributed by atoms with Crippen molar-refractivity contribution in [3.05, 3.63) is 65.2 Å². The Balaban J connectivity index is 2.18. The Labute approximate surface area is 118 Å². The molecular formula is C17H19F2N. The molecule has 0 saturated heterocycles. The van der Waals surface area contributed by atoms with E-state index in [1.807, 2.05) is 19.1 Å². The molecule has 106 valence electrons. The van der Waals surface area contributed by atoms with Crippen molar-refractivity contribution in [2.45, 2.75) is 32.7 Å². The van der Waals surface area contributed by atoms with E-state index in [2.05, 4.69) is 31.3 Å². The van der Waals surface area contributed by atoms with Gasteiger partial charge in [-0.3, -0.25) is 0 Å². The second-order valence-corrected chi connectivity index (χ2v) is 5.35. The smallest absolute Gasteiger partial charge is 0.126 e. The summed E-state index contributed by atoms with van der Waals surface area (Å²) in [7, 11) is 0. The van der Waals surface area contributed by atoms with E-state index in [0.717, 1.165) is 11.8 Å². The first-order valence-corrected chi connectivity index (χ1v) is 6.78. The van der Waals surface area contributed by atoms with Crippen LogP contribution in [0.15, 0.2) is 42.5 Å². The molecule has 0 aliphatic carbocycles. The van der Waals surface area contributed by atoms with Crippen molar-refractivity contribution in [2.24, 2.45) is 0 Å². The molecule has 1 N–H and O–H groups in total. The highest BCUT2D eigenvalue weighted by Crippen LogP contribution is 2.24. The standard InChI is InChI=1S/C17H19F2N/c1-11(2)13-5-4-6-17(9-13)20-12(3)14-7-15(18)10-16(19)8-14/h4-12,20H,1-3H3. The molecule has 0 bridgehead atoms. The lowest BCUT2D eigenvalue weighted by atomic mass is 10.0. The minimum absolute atomic E-state index is 0.164. The fourth-order valence-electron chi connectivity index (χ4n) is 2.15. The first-order valence-electron chi connectivity index (χ1n) is 6.78. The third-order valence-corrected chi connectivity index (χ3v) is 3.32. The average Bonchev–Trinajstić information content (AvgIpc) is 2.37. The molecule has 0 aromatic heterocycles. The van der Waals surface area contributed by atoms with Gasteiger partial charge in [-0.1, -0.05) is 26.0 Å². The molecular weight excluding hydrogens is 256 g/mol. The fourth-order valence-corrected chi connectivity index (χ4v) is 2.15. The molecule has 1 nitrogen and oxygen atoms in total. The van der Waals surface area contributed by atoms with Gasteiger partial charge in [0.25, 0.3) is 0 Å².